The number of rotatable bonds is 6. The van der Waals surface area contributed by atoms with Gasteiger partial charge in [-0.1, -0.05) is 54.6 Å². The Balaban J connectivity index is 1.63. The van der Waals surface area contributed by atoms with Crippen LogP contribution < -0.4 is 0 Å². The first-order valence-electron chi connectivity index (χ1n) is 11.1. The summed E-state index contributed by atoms with van der Waals surface area (Å²) in [5, 5.41) is 10.6. The minimum Gasteiger partial charge on any atom is -0.452 e. The third kappa shape index (κ3) is 5.74. The van der Waals surface area contributed by atoms with Gasteiger partial charge < -0.3 is 24.1 Å². The Morgan fingerprint density at radius 3 is 1.34 bits per heavy atom. The van der Waals surface area contributed by atoms with Crippen molar-refractivity contribution in [3.8, 4) is 0 Å². The van der Waals surface area contributed by atoms with E-state index in [9.17, 15) is 19.5 Å². The van der Waals surface area contributed by atoms with E-state index in [1.165, 1.54) is 0 Å². The lowest BCUT2D eigenvalue weighted by Crippen LogP contribution is -2.60. The van der Waals surface area contributed by atoms with Crippen molar-refractivity contribution in [2.45, 2.75) is 37.6 Å². The second kappa shape index (κ2) is 10.9. The highest BCUT2D eigenvalue weighted by atomic mass is 16.7. The average Bonchev–Trinajstić information content (AvgIpc) is 2.89. The maximum atomic E-state index is 12.9. The highest BCUT2D eigenvalue weighted by molar-refractivity contribution is 5.91. The number of ether oxygens (including phenoxy) is 4. The minimum absolute atomic E-state index is 0.226. The fourth-order valence-electron chi connectivity index (χ4n) is 3.71. The van der Waals surface area contributed by atoms with Crippen LogP contribution in [0.2, 0.25) is 0 Å². The predicted octanol–water partition coefficient (Wildman–Crippen LogP) is 3.40. The number of hydrogen-bond donors (Lipinski definition) is 1. The van der Waals surface area contributed by atoms with E-state index in [1.807, 2.05) is 0 Å². The highest BCUT2D eigenvalue weighted by Crippen LogP contribution is 2.29. The van der Waals surface area contributed by atoms with E-state index in [2.05, 4.69) is 0 Å². The molecular formula is C27H24O8. The smallest absolute Gasteiger partial charge is 0.338 e. The summed E-state index contributed by atoms with van der Waals surface area (Å²) in [7, 11) is 0. The van der Waals surface area contributed by atoms with E-state index in [1.54, 1.807) is 97.9 Å². The first kappa shape index (κ1) is 24.1. The SMILES string of the molecule is CC1OC(O)C(OC(=O)c2ccccc2)[C@@H](OC(=O)c2ccccc2)[C@@H]1OC(=O)c1ccccc1. The van der Waals surface area contributed by atoms with Crippen LogP contribution in [-0.2, 0) is 18.9 Å². The van der Waals surface area contributed by atoms with Gasteiger partial charge in [-0.05, 0) is 43.3 Å². The molecule has 1 N–H and O–H groups in total. The average molecular weight is 476 g/mol. The molecule has 8 nitrogen and oxygen atoms in total. The lowest BCUT2D eigenvalue weighted by molar-refractivity contribution is -0.275. The predicted molar refractivity (Wildman–Crippen MR) is 123 cm³/mol. The van der Waals surface area contributed by atoms with Crippen molar-refractivity contribution >= 4 is 17.9 Å². The van der Waals surface area contributed by atoms with Gasteiger partial charge in [-0.15, -0.1) is 0 Å². The van der Waals surface area contributed by atoms with Crippen LogP contribution in [0, 0.1) is 0 Å². The van der Waals surface area contributed by atoms with Crippen LogP contribution in [0.3, 0.4) is 0 Å². The quantitative estimate of drug-likeness (QED) is 0.426. The zero-order chi connectivity index (χ0) is 24.8. The molecule has 1 aliphatic heterocycles. The van der Waals surface area contributed by atoms with Gasteiger partial charge in [-0.25, -0.2) is 14.4 Å². The van der Waals surface area contributed by atoms with Gasteiger partial charge in [0.05, 0.1) is 22.8 Å². The molecule has 4 rings (SSSR count). The molecule has 35 heavy (non-hydrogen) atoms. The molecule has 0 saturated carbocycles. The summed E-state index contributed by atoms with van der Waals surface area (Å²) in [6.45, 7) is 1.56. The molecule has 0 aromatic heterocycles. The Bertz CT molecular complexity index is 1080. The lowest BCUT2D eigenvalue weighted by atomic mass is 9.98. The van der Waals surface area contributed by atoms with Crippen LogP contribution in [0.5, 0.6) is 0 Å². The van der Waals surface area contributed by atoms with Crippen molar-refractivity contribution in [2.75, 3.05) is 0 Å². The molecule has 1 aliphatic rings. The zero-order valence-corrected chi connectivity index (χ0v) is 18.9. The summed E-state index contributed by atoms with van der Waals surface area (Å²) in [4.78, 5) is 38.5. The largest absolute Gasteiger partial charge is 0.452 e. The number of carbonyl (C=O) groups is 3. The summed E-state index contributed by atoms with van der Waals surface area (Å²) in [6.07, 6.45) is -6.48. The van der Waals surface area contributed by atoms with Gasteiger partial charge >= 0.3 is 17.9 Å². The van der Waals surface area contributed by atoms with Gasteiger partial charge in [-0.3, -0.25) is 0 Å². The first-order chi connectivity index (χ1) is 16.9. The van der Waals surface area contributed by atoms with Crippen molar-refractivity contribution in [1.29, 1.82) is 0 Å². The molecule has 1 saturated heterocycles. The molecule has 8 heteroatoms. The molecule has 5 atom stereocenters. The van der Waals surface area contributed by atoms with Crippen LogP contribution >= 0.6 is 0 Å². The van der Waals surface area contributed by atoms with Crippen LogP contribution in [-0.4, -0.2) is 53.7 Å². The van der Waals surface area contributed by atoms with Crippen LogP contribution in [0.1, 0.15) is 38.0 Å². The molecule has 1 fully saturated rings. The Morgan fingerprint density at radius 2 is 0.943 bits per heavy atom. The van der Waals surface area contributed by atoms with Gasteiger partial charge in [-0.2, -0.15) is 0 Å². The number of hydrogen-bond acceptors (Lipinski definition) is 8. The van der Waals surface area contributed by atoms with Crippen LogP contribution in [0.15, 0.2) is 91.0 Å². The van der Waals surface area contributed by atoms with E-state index in [0.29, 0.717) is 0 Å². The van der Waals surface area contributed by atoms with Gasteiger partial charge in [0.15, 0.2) is 24.6 Å². The highest BCUT2D eigenvalue weighted by Gasteiger charge is 2.50. The Morgan fingerprint density at radius 1 is 0.600 bits per heavy atom. The topological polar surface area (TPSA) is 108 Å². The fraction of sp³-hybridized carbons (Fsp3) is 0.222. The maximum absolute atomic E-state index is 12.9. The van der Waals surface area contributed by atoms with Gasteiger partial charge in [0.1, 0.15) is 0 Å². The molecule has 0 spiro atoms. The molecule has 1 heterocycles. The second-order valence-corrected chi connectivity index (χ2v) is 7.94. The lowest BCUT2D eigenvalue weighted by Gasteiger charge is -2.42. The van der Waals surface area contributed by atoms with E-state index in [-0.39, 0.29) is 16.7 Å². The van der Waals surface area contributed by atoms with Crippen molar-refractivity contribution in [2.24, 2.45) is 0 Å². The molecule has 0 bridgehead atoms. The van der Waals surface area contributed by atoms with E-state index in [4.69, 9.17) is 18.9 Å². The summed E-state index contributed by atoms with van der Waals surface area (Å²) in [6, 6.07) is 24.6. The molecule has 3 aromatic rings. The minimum atomic E-state index is -1.63. The summed E-state index contributed by atoms with van der Waals surface area (Å²) < 4.78 is 22.4. The van der Waals surface area contributed by atoms with Crippen LogP contribution in [0.25, 0.3) is 0 Å². The number of benzene rings is 3. The third-order valence-corrected chi connectivity index (χ3v) is 5.50. The third-order valence-electron chi connectivity index (χ3n) is 5.50. The zero-order valence-electron chi connectivity index (χ0n) is 18.9. The molecular weight excluding hydrogens is 452 g/mol. The summed E-state index contributed by atoms with van der Waals surface area (Å²) in [5.74, 6) is -2.18. The van der Waals surface area contributed by atoms with E-state index in [0.717, 1.165) is 0 Å². The molecule has 3 aromatic carbocycles. The van der Waals surface area contributed by atoms with Gasteiger partial charge in [0, 0.05) is 0 Å². The molecule has 180 valence electrons. The molecule has 0 radical (unpaired) electrons. The van der Waals surface area contributed by atoms with Gasteiger partial charge in [0.25, 0.3) is 0 Å². The number of aliphatic hydroxyl groups is 1. The number of aliphatic hydroxyl groups excluding tert-OH is 1. The molecule has 0 amide bonds. The standard InChI is InChI=1S/C27H24O8/c1-17-21(33-24(28)18-11-5-2-6-12-18)22(34-25(29)19-13-7-3-8-14-19)23(27(31)32-17)35-26(30)20-15-9-4-10-16-20/h2-17,21-23,27,31H,1H3/t17?,21-,22+,23?,27?/m1/s1. The van der Waals surface area contributed by atoms with Crippen molar-refractivity contribution in [3.05, 3.63) is 108 Å². The second-order valence-electron chi connectivity index (χ2n) is 7.94. The van der Waals surface area contributed by atoms with E-state index >= 15 is 0 Å². The summed E-state index contributed by atoms with van der Waals surface area (Å²) in [5.41, 5.74) is 0.739. The number of esters is 3. The van der Waals surface area contributed by atoms with Crippen molar-refractivity contribution in [1.82, 2.24) is 0 Å². The Labute approximate surface area is 202 Å². The van der Waals surface area contributed by atoms with Crippen molar-refractivity contribution in [3.63, 3.8) is 0 Å². The van der Waals surface area contributed by atoms with Crippen LogP contribution in [0.4, 0.5) is 0 Å². The monoisotopic (exact) mass is 476 g/mol. The molecule has 3 unspecified atom stereocenters. The normalized spacial score (nSPS) is 23.7. The number of carbonyl (C=O) groups excluding carboxylic acids is 3. The Kier molecular flexibility index (Phi) is 7.54. The molecule has 0 aliphatic carbocycles. The van der Waals surface area contributed by atoms with E-state index < -0.39 is 48.6 Å². The van der Waals surface area contributed by atoms with Gasteiger partial charge in [0.2, 0.25) is 0 Å². The summed E-state index contributed by atoms with van der Waals surface area (Å²) >= 11 is 0. The maximum Gasteiger partial charge on any atom is 0.338 e. The fourth-order valence-corrected chi connectivity index (χ4v) is 3.71. The van der Waals surface area contributed by atoms with Crippen molar-refractivity contribution < 1.29 is 38.4 Å². The first-order valence-corrected chi connectivity index (χ1v) is 11.1. The Hall–Kier alpha value is -4.01.